The van der Waals surface area contributed by atoms with Crippen molar-refractivity contribution in [2.75, 3.05) is 5.32 Å². The highest BCUT2D eigenvalue weighted by molar-refractivity contribution is 5.99. The Kier molecular flexibility index (Phi) is 5.05. The van der Waals surface area contributed by atoms with E-state index >= 15 is 0 Å². The fourth-order valence-corrected chi connectivity index (χ4v) is 1.64. The minimum Gasteiger partial charge on any atom is -0.550 e. The second kappa shape index (κ2) is 6.53. The predicted molar refractivity (Wildman–Crippen MR) is 62.8 cm³/mol. The molecule has 0 unspecified atom stereocenters. The van der Waals surface area contributed by atoms with Crippen LogP contribution < -0.4 is 15.5 Å². The van der Waals surface area contributed by atoms with Gasteiger partial charge in [0.2, 0.25) is 5.91 Å². The molecule has 6 heteroatoms. The molecule has 0 spiro atoms. The number of hydrogen-bond donors (Lipinski definition) is 1. The highest BCUT2D eigenvalue weighted by atomic mass is 16.4. The highest BCUT2D eigenvalue weighted by Gasteiger charge is 2.11. The molecule has 1 aromatic carbocycles. The second-order valence-corrected chi connectivity index (χ2v) is 4.27. The molecule has 1 atom stereocenters. The van der Waals surface area contributed by atoms with E-state index in [1.165, 1.54) is 18.2 Å². The van der Waals surface area contributed by atoms with Crippen LogP contribution in [-0.2, 0) is 9.59 Å². The number of aliphatic carboxylic acids is 1. The Morgan fingerprint density at radius 1 is 1.16 bits per heavy atom. The first-order chi connectivity index (χ1) is 8.90. The maximum absolute atomic E-state index is 11.6. The first-order valence-electron chi connectivity index (χ1n) is 5.70. The molecule has 0 aliphatic rings. The fourth-order valence-electron chi connectivity index (χ4n) is 1.64. The van der Waals surface area contributed by atoms with E-state index in [0.717, 1.165) is 0 Å². The van der Waals surface area contributed by atoms with Crippen LogP contribution in [0.25, 0.3) is 0 Å². The van der Waals surface area contributed by atoms with Gasteiger partial charge in [-0.3, -0.25) is 4.79 Å². The Morgan fingerprint density at radius 3 is 2.37 bits per heavy atom. The van der Waals surface area contributed by atoms with Gasteiger partial charge in [-0.05, 0) is 18.4 Å². The topological polar surface area (TPSA) is 109 Å². The molecule has 1 aromatic rings. The number of para-hydroxylation sites is 1. The lowest BCUT2D eigenvalue weighted by Gasteiger charge is -2.14. The summed E-state index contributed by atoms with van der Waals surface area (Å²) in [5.74, 6) is -3.46. The van der Waals surface area contributed by atoms with Crippen LogP contribution in [0.5, 0.6) is 0 Å². The molecule has 19 heavy (non-hydrogen) atoms. The Bertz CT molecular complexity index is 498. The summed E-state index contributed by atoms with van der Waals surface area (Å²) < 4.78 is 0. The van der Waals surface area contributed by atoms with Crippen LogP contribution in [0.3, 0.4) is 0 Å². The lowest BCUT2D eigenvalue weighted by Crippen LogP contribution is -2.27. The Balaban J connectivity index is 2.67. The number of carbonyl (C=O) groups is 3. The van der Waals surface area contributed by atoms with E-state index in [1.807, 2.05) is 0 Å². The van der Waals surface area contributed by atoms with E-state index in [0.29, 0.717) is 0 Å². The summed E-state index contributed by atoms with van der Waals surface area (Å²) in [6, 6.07) is 5.84. The molecule has 0 aromatic heterocycles. The number of carboxylic acid groups (broad SMARTS) is 2. The average molecular weight is 263 g/mol. The van der Waals surface area contributed by atoms with Gasteiger partial charge in [0.15, 0.2) is 0 Å². The Hall–Kier alpha value is -2.37. The first-order valence-corrected chi connectivity index (χ1v) is 5.70. The molecular formula is C13H13NO5-2. The Labute approximate surface area is 110 Å². The quantitative estimate of drug-likeness (QED) is 0.719. The number of amides is 1. The van der Waals surface area contributed by atoms with Gasteiger partial charge in [-0.2, -0.15) is 0 Å². The van der Waals surface area contributed by atoms with E-state index in [1.54, 1.807) is 13.0 Å². The number of benzene rings is 1. The largest absolute Gasteiger partial charge is 0.550 e. The van der Waals surface area contributed by atoms with Gasteiger partial charge in [0.05, 0.1) is 5.97 Å². The maximum atomic E-state index is 11.6. The highest BCUT2D eigenvalue weighted by Crippen LogP contribution is 2.15. The van der Waals surface area contributed by atoms with Gasteiger partial charge in [0.1, 0.15) is 0 Å². The minimum atomic E-state index is -1.39. The molecule has 1 amide bonds. The zero-order chi connectivity index (χ0) is 14.4. The number of nitrogens with one attached hydrogen (secondary N) is 1. The van der Waals surface area contributed by atoms with Crippen LogP contribution in [0, 0.1) is 5.92 Å². The summed E-state index contributed by atoms with van der Waals surface area (Å²) in [7, 11) is 0. The molecule has 0 saturated heterocycles. The van der Waals surface area contributed by atoms with E-state index in [-0.39, 0.29) is 30.0 Å². The Morgan fingerprint density at radius 2 is 1.79 bits per heavy atom. The monoisotopic (exact) mass is 263 g/mol. The average Bonchev–Trinajstić information content (AvgIpc) is 2.27. The van der Waals surface area contributed by atoms with E-state index in [4.69, 9.17) is 0 Å². The third-order valence-corrected chi connectivity index (χ3v) is 2.47. The molecule has 0 heterocycles. The van der Waals surface area contributed by atoms with Crippen molar-refractivity contribution in [1.29, 1.82) is 0 Å². The molecule has 1 N–H and O–H groups in total. The van der Waals surface area contributed by atoms with Crippen molar-refractivity contribution in [3.8, 4) is 0 Å². The molecule has 0 aliphatic heterocycles. The van der Waals surface area contributed by atoms with Gasteiger partial charge in [0.25, 0.3) is 0 Å². The molecule has 0 saturated carbocycles. The molecule has 102 valence electrons. The van der Waals surface area contributed by atoms with E-state index in [9.17, 15) is 24.6 Å². The SMILES string of the molecule is C[C@@H](CC(=O)[O-])CC(=O)Nc1ccccc1C(=O)[O-]. The van der Waals surface area contributed by atoms with Crippen LogP contribution in [0.1, 0.15) is 30.1 Å². The number of carboxylic acids is 2. The lowest BCUT2D eigenvalue weighted by atomic mass is 10.0. The standard InChI is InChI=1S/C13H15NO5/c1-8(7-12(16)17)6-11(15)14-10-5-3-2-4-9(10)13(18)19/h2-5,8H,6-7H2,1H3,(H,14,15)(H,16,17)(H,18,19)/p-2/t8-/m1/s1. The van der Waals surface area contributed by atoms with Crippen molar-refractivity contribution >= 4 is 23.5 Å². The summed E-state index contributed by atoms with van der Waals surface area (Å²) in [5.41, 5.74) is 0.0107. The zero-order valence-corrected chi connectivity index (χ0v) is 10.3. The molecule has 0 aliphatic carbocycles. The summed E-state index contributed by atoms with van der Waals surface area (Å²) >= 11 is 0. The van der Waals surface area contributed by atoms with Crippen molar-refractivity contribution in [1.82, 2.24) is 0 Å². The predicted octanol–water partition coefficient (Wildman–Crippen LogP) is -0.845. The summed E-state index contributed by atoms with van der Waals surface area (Å²) in [4.78, 5) is 32.8. The summed E-state index contributed by atoms with van der Waals surface area (Å²) in [6.07, 6.45) is -0.259. The molecule has 0 radical (unpaired) electrons. The fraction of sp³-hybridized carbons (Fsp3) is 0.308. The number of rotatable bonds is 6. The van der Waals surface area contributed by atoms with Gasteiger partial charge in [0, 0.05) is 23.6 Å². The number of aromatic carboxylic acids is 1. The maximum Gasteiger partial charge on any atom is 0.224 e. The smallest absolute Gasteiger partial charge is 0.224 e. The van der Waals surface area contributed by atoms with Crippen LogP contribution in [0.4, 0.5) is 5.69 Å². The van der Waals surface area contributed by atoms with Gasteiger partial charge >= 0.3 is 0 Å². The van der Waals surface area contributed by atoms with Gasteiger partial charge in [-0.15, -0.1) is 0 Å². The van der Waals surface area contributed by atoms with Crippen molar-refractivity contribution in [3.63, 3.8) is 0 Å². The van der Waals surface area contributed by atoms with Crippen molar-refractivity contribution in [2.45, 2.75) is 19.8 Å². The zero-order valence-electron chi connectivity index (χ0n) is 10.3. The second-order valence-electron chi connectivity index (χ2n) is 4.27. The third-order valence-electron chi connectivity index (χ3n) is 2.47. The lowest BCUT2D eigenvalue weighted by molar-refractivity contribution is -0.306. The number of anilines is 1. The van der Waals surface area contributed by atoms with Crippen molar-refractivity contribution in [2.24, 2.45) is 5.92 Å². The summed E-state index contributed by atoms with van der Waals surface area (Å²) in [6.45, 7) is 1.60. The molecule has 6 nitrogen and oxygen atoms in total. The van der Waals surface area contributed by atoms with Crippen LogP contribution in [0.15, 0.2) is 24.3 Å². The van der Waals surface area contributed by atoms with Gasteiger partial charge < -0.3 is 25.1 Å². The normalized spacial score (nSPS) is 11.6. The minimum absolute atomic E-state index is 0.0324. The number of carbonyl (C=O) groups excluding carboxylic acids is 3. The number of hydrogen-bond acceptors (Lipinski definition) is 5. The van der Waals surface area contributed by atoms with Gasteiger partial charge in [-0.25, -0.2) is 0 Å². The summed E-state index contributed by atoms with van der Waals surface area (Å²) in [5, 5.41) is 23.6. The van der Waals surface area contributed by atoms with Crippen LogP contribution in [0.2, 0.25) is 0 Å². The van der Waals surface area contributed by atoms with Crippen LogP contribution >= 0.6 is 0 Å². The molecule has 0 bridgehead atoms. The van der Waals surface area contributed by atoms with Gasteiger partial charge in [-0.1, -0.05) is 25.1 Å². The third kappa shape index (κ3) is 4.79. The van der Waals surface area contributed by atoms with Crippen molar-refractivity contribution < 1.29 is 24.6 Å². The van der Waals surface area contributed by atoms with Crippen LogP contribution in [-0.4, -0.2) is 17.8 Å². The first kappa shape index (κ1) is 14.7. The van der Waals surface area contributed by atoms with E-state index < -0.39 is 17.8 Å². The van der Waals surface area contributed by atoms with Crippen molar-refractivity contribution in [3.05, 3.63) is 29.8 Å². The van der Waals surface area contributed by atoms with E-state index in [2.05, 4.69) is 5.32 Å². The molecule has 1 rings (SSSR count). The molecular weight excluding hydrogens is 250 g/mol. The molecule has 0 fully saturated rings.